The number of carbonyl (C=O) groups excluding carboxylic acids is 1. The van der Waals surface area contributed by atoms with Gasteiger partial charge in [0.05, 0.1) is 10.0 Å². The van der Waals surface area contributed by atoms with Crippen molar-refractivity contribution < 1.29 is 19.0 Å². The first-order chi connectivity index (χ1) is 13.6. The highest BCUT2D eigenvalue weighted by molar-refractivity contribution is 6.42. The van der Waals surface area contributed by atoms with E-state index in [0.29, 0.717) is 28.9 Å². The Morgan fingerprint density at radius 2 is 1.75 bits per heavy atom. The van der Waals surface area contributed by atoms with Crippen LogP contribution in [-0.4, -0.2) is 55.3 Å². The Bertz CT molecular complexity index is 869. The van der Waals surface area contributed by atoms with Crippen LogP contribution in [0.15, 0.2) is 36.4 Å². The van der Waals surface area contributed by atoms with Gasteiger partial charge < -0.3 is 19.1 Å². The van der Waals surface area contributed by atoms with E-state index in [-0.39, 0.29) is 19.3 Å². The van der Waals surface area contributed by atoms with Crippen LogP contribution in [0.25, 0.3) is 0 Å². The number of rotatable bonds is 5. The summed E-state index contributed by atoms with van der Waals surface area (Å²) in [5, 5.41) is 0.864. The molecule has 2 aromatic rings. The van der Waals surface area contributed by atoms with Gasteiger partial charge in [-0.2, -0.15) is 0 Å². The molecule has 0 aromatic heterocycles. The van der Waals surface area contributed by atoms with E-state index in [4.69, 9.17) is 37.4 Å². The van der Waals surface area contributed by atoms with Crippen LogP contribution in [-0.2, 0) is 11.3 Å². The Morgan fingerprint density at radius 3 is 2.54 bits per heavy atom. The number of nitrogens with zero attached hydrogens (tertiary/aromatic N) is 2. The molecule has 8 heteroatoms. The highest BCUT2D eigenvalue weighted by Gasteiger charge is 2.22. The highest BCUT2D eigenvalue weighted by atomic mass is 35.5. The molecular weight excluding hydrogens is 403 g/mol. The topological polar surface area (TPSA) is 51.2 Å². The van der Waals surface area contributed by atoms with E-state index in [1.165, 1.54) is 5.56 Å². The molecule has 6 nitrogen and oxygen atoms in total. The van der Waals surface area contributed by atoms with Crippen molar-refractivity contribution in [2.45, 2.75) is 6.54 Å². The van der Waals surface area contributed by atoms with Gasteiger partial charge in [0.15, 0.2) is 18.1 Å². The van der Waals surface area contributed by atoms with E-state index in [0.717, 1.165) is 31.1 Å². The van der Waals surface area contributed by atoms with E-state index < -0.39 is 0 Å². The lowest BCUT2D eigenvalue weighted by Gasteiger charge is -2.34. The molecule has 1 fully saturated rings. The number of piperazine rings is 1. The molecule has 2 aliphatic rings. The fourth-order valence-corrected chi connectivity index (χ4v) is 3.54. The molecule has 0 radical (unpaired) electrons. The molecule has 2 aromatic carbocycles. The zero-order chi connectivity index (χ0) is 19.5. The van der Waals surface area contributed by atoms with Gasteiger partial charge in [0.25, 0.3) is 5.91 Å². The molecule has 2 heterocycles. The molecule has 0 aliphatic carbocycles. The molecular formula is C20H20Cl2N2O4. The fraction of sp³-hybridized carbons (Fsp3) is 0.350. The summed E-state index contributed by atoms with van der Waals surface area (Å²) >= 11 is 11.8. The normalized spacial score (nSPS) is 16.3. The van der Waals surface area contributed by atoms with Crippen LogP contribution in [0.4, 0.5) is 0 Å². The summed E-state index contributed by atoms with van der Waals surface area (Å²) in [5.41, 5.74) is 1.17. The van der Waals surface area contributed by atoms with E-state index in [2.05, 4.69) is 11.0 Å². The van der Waals surface area contributed by atoms with E-state index >= 15 is 0 Å². The van der Waals surface area contributed by atoms with Crippen molar-refractivity contribution in [3.05, 3.63) is 52.0 Å². The van der Waals surface area contributed by atoms with Crippen molar-refractivity contribution in [1.29, 1.82) is 0 Å². The van der Waals surface area contributed by atoms with Crippen LogP contribution < -0.4 is 14.2 Å². The third-order valence-electron chi connectivity index (χ3n) is 4.82. The van der Waals surface area contributed by atoms with Gasteiger partial charge in [-0.3, -0.25) is 9.69 Å². The Hall–Kier alpha value is -2.15. The van der Waals surface area contributed by atoms with Crippen molar-refractivity contribution >= 4 is 29.1 Å². The molecule has 148 valence electrons. The lowest BCUT2D eigenvalue weighted by molar-refractivity contribution is -0.135. The van der Waals surface area contributed by atoms with Crippen LogP contribution >= 0.6 is 23.2 Å². The van der Waals surface area contributed by atoms with Gasteiger partial charge in [0.2, 0.25) is 6.79 Å². The molecule has 0 spiro atoms. The van der Waals surface area contributed by atoms with Crippen LogP contribution in [0.1, 0.15) is 5.56 Å². The smallest absolute Gasteiger partial charge is 0.260 e. The molecule has 1 saturated heterocycles. The summed E-state index contributed by atoms with van der Waals surface area (Å²) in [6, 6.07) is 11.0. The SMILES string of the molecule is O=C(COc1ccc(Cl)c(Cl)c1)N1CCN(Cc2ccc3c(c2)OCO3)CC1. The average molecular weight is 423 g/mol. The number of carbonyl (C=O) groups is 1. The van der Waals surface area contributed by atoms with Gasteiger partial charge in [-0.1, -0.05) is 29.3 Å². The van der Waals surface area contributed by atoms with E-state index in [1.54, 1.807) is 18.2 Å². The van der Waals surface area contributed by atoms with E-state index in [9.17, 15) is 4.79 Å². The van der Waals surface area contributed by atoms with Gasteiger partial charge in [-0.25, -0.2) is 0 Å². The second-order valence-electron chi connectivity index (χ2n) is 6.71. The first-order valence-corrected chi connectivity index (χ1v) is 9.80. The van der Waals surface area contributed by atoms with Gasteiger partial charge in [-0.05, 0) is 29.8 Å². The molecule has 0 saturated carbocycles. The number of benzene rings is 2. The standard InChI is InChI=1S/C20H20Cl2N2O4/c21-16-3-2-15(10-17(16)22)26-12-20(25)24-7-5-23(6-8-24)11-14-1-4-18-19(9-14)28-13-27-18/h1-4,9-10H,5-8,11-13H2. The molecule has 0 atom stereocenters. The number of hydrogen-bond acceptors (Lipinski definition) is 5. The van der Waals surface area contributed by atoms with E-state index in [1.807, 2.05) is 17.0 Å². The fourth-order valence-electron chi connectivity index (χ4n) is 3.26. The van der Waals surface area contributed by atoms with Crippen molar-refractivity contribution in [2.75, 3.05) is 39.6 Å². The van der Waals surface area contributed by atoms with Crippen LogP contribution in [0, 0.1) is 0 Å². The minimum Gasteiger partial charge on any atom is -0.484 e. The Kier molecular flexibility index (Phi) is 5.80. The van der Waals surface area contributed by atoms with Gasteiger partial charge in [0, 0.05) is 38.8 Å². The van der Waals surface area contributed by atoms with Crippen molar-refractivity contribution in [1.82, 2.24) is 9.80 Å². The van der Waals surface area contributed by atoms with Crippen LogP contribution in [0.3, 0.4) is 0 Å². The number of amides is 1. The Balaban J connectivity index is 1.24. The van der Waals surface area contributed by atoms with Gasteiger partial charge in [0.1, 0.15) is 5.75 Å². The Labute approximate surface area is 173 Å². The average Bonchev–Trinajstić information content (AvgIpc) is 3.17. The second-order valence-corrected chi connectivity index (χ2v) is 7.52. The summed E-state index contributed by atoms with van der Waals surface area (Å²) in [6.07, 6.45) is 0. The third kappa shape index (κ3) is 4.46. The monoisotopic (exact) mass is 422 g/mol. The molecule has 4 rings (SSSR count). The summed E-state index contributed by atoms with van der Waals surface area (Å²) in [4.78, 5) is 16.6. The predicted octanol–water partition coefficient (Wildman–Crippen LogP) is 3.45. The van der Waals surface area contributed by atoms with Crippen LogP contribution in [0.2, 0.25) is 10.0 Å². The molecule has 0 bridgehead atoms. The summed E-state index contributed by atoms with van der Waals surface area (Å²) < 4.78 is 16.3. The molecule has 28 heavy (non-hydrogen) atoms. The maximum atomic E-state index is 12.4. The van der Waals surface area contributed by atoms with Gasteiger partial charge in [-0.15, -0.1) is 0 Å². The largest absolute Gasteiger partial charge is 0.484 e. The van der Waals surface area contributed by atoms with Crippen molar-refractivity contribution in [2.24, 2.45) is 0 Å². The molecule has 0 N–H and O–H groups in total. The minimum atomic E-state index is -0.0335. The predicted molar refractivity (Wildman–Crippen MR) is 106 cm³/mol. The number of fused-ring (bicyclic) bond motifs is 1. The molecule has 2 aliphatic heterocycles. The molecule has 1 amide bonds. The third-order valence-corrected chi connectivity index (χ3v) is 5.56. The summed E-state index contributed by atoms with van der Waals surface area (Å²) in [6.45, 7) is 4.06. The lowest BCUT2D eigenvalue weighted by Crippen LogP contribution is -2.49. The van der Waals surface area contributed by atoms with Crippen molar-refractivity contribution in [3.8, 4) is 17.2 Å². The maximum Gasteiger partial charge on any atom is 0.260 e. The highest BCUT2D eigenvalue weighted by Crippen LogP contribution is 2.33. The maximum absolute atomic E-state index is 12.4. The quantitative estimate of drug-likeness (QED) is 0.738. The molecule has 0 unspecified atom stereocenters. The number of ether oxygens (including phenoxy) is 3. The van der Waals surface area contributed by atoms with Crippen molar-refractivity contribution in [3.63, 3.8) is 0 Å². The Morgan fingerprint density at radius 1 is 0.964 bits per heavy atom. The zero-order valence-corrected chi connectivity index (χ0v) is 16.7. The lowest BCUT2D eigenvalue weighted by atomic mass is 10.1. The summed E-state index contributed by atoms with van der Waals surface area (Å²) in [7, 11) is 0. The second kappa shape index (κ2) is 8.47. The first-order valence-electron chi connectivity index (χ1n) is 9.05. The van der Waals surface area contributed by atoms with Crippen LogP contribution in [0.5, 0.6) is 17.2 Å². The van der Waals surface area contributed by atoms with Gasteiger partial charge >= 0.3 is 0 Å². The first kappa shape index (κ1) is 19.2. The number of halogens is 2. The minimum absolute atomic E-state index is 0.0138. The zero-order valence-electron chi connectivity index (χ0n) is 15.2. The summed E-state index contributed by atoms with van der Waals surface area (Å²) in [5.74, 6) is 2.09. The number of hydrogen-bond donors (Lipinski definition) is 0.